The van der Waals surface area contributed by atoms with Crippen molar-refractivity contribution in [2.45, 2.75) is 83.3 Å². The highest BCUT2D eigenvalue weighted by atomic mass is 16.5. The number of cyclic esters (lactones) is 1. The number of fused-ring (bicyclic) bond motifs is 5. The fraction of sp³-hybridized carbons (Fsp3) is 0.870. The van der Waals surface area contributed by atoms with Crippen molar-refractivity contribution < 1.29 is 19.7 Å². The Balaban J connectivity index is 1.47. The molecule has 4 nitrogen and oxygen atoms in total. The van der Waals surface area contributed by atoms with E-state index in [4.69, 9.17) is 4.74 Å². The molecule has 4 fully saturated rings. The lowest BCUT2D eigenvalue weighted by Gasteiger charge is -2.63. The van der Waals surface area contributed by atoms with E-state index in [0.717, 1.165) is 56.9 Å². The van der Waals surface area contributed by atoms with Gasteiger partial charge in [0.05, 0.1) is 11.7 Å². The number of aliphatic hydroxyl groups is 2. The van der Waals surface area contributed by atoms with Gasteiger partial charge in [0.2, 0.25) is 0 Å². The first-order valence-corrected chi connectivity index (χ1v) is 11.1. The van der Waals surface area contributed by atoms with Crippen molar-refractivity contribution >= 4 is 5.97 Å². The van der Waals surface area contributed by atoms with Gasteiger partial charge in [0.1, 0.15) is 6.61 Å². The van der Waals surface area contributed by atoms with Gasteiger partial charge in [-0.2, -0.15) is 0 Å². The first kappa shape index (κ1) is 18.2. The smallest absolute Gasteiger partial charge is 0.331 e. The third-order valence-corrected chi connectivity index (χ3v) is 9.96. The van der Waals surface area contributed by atoms with Crippen molar-refractivity contribution in [1.82, 2.24) is 0 Å². The van der Waals surface area contributed by atoms with Crippen molar-refractivity contribution in [2.24, 2.45) is 34.5 Å². The van der Waals surface area contributed by atoms with Crippen LogP contribution < -0.4 is 0 Å². The monoisotopic (exact) mass is 374 g/mol. The summed E-state index contributed by atoms with van der Waals surface area (Å²) in [5, 5.41) is 22.3. The second-order valence-corrected chi connectivity index (χ2v) is 10.7. The molecule has 0 aromatic heterocycles. The average molecular weight is 375 g/mol. The van der Waals surface area contributed by atoms with Crippen molar-refractivity contribution in [3.8, 4) is 0 Å². The van der Waals surface area contributed by atoms with E-state index in [0.29, 0.717) is 24.4 Å². The van der Waals surface area contributed by atoms with Crippen LogP contribution in [0.3, 0.4) is 0 Å². The number of ether oxygens (including phenoxy) is 1. The molecular weight excluding hydrogens is 340 g/mol. The van der Waals surface area contributed by atoms with E-state index in [-0.39, 0.29) is 28.8 Å². The van der Waals surface area contributed by atoms with E-state index in [1.165, 1.54) is 6.42 Å². The summed E-state index contributed by atoms with van der Waals surface area (Å²) in [6, 6.07) is 0. The fourth-order valence-corrected chi connectivity index (χ4v) is 8.39. The van der Waals surface area contributed by atoms with Gasteiger partial charge in [0.15, 0.2) is 0 Å². The summed E-state index contributed by atoms with van der Waals surface area (Å²) in [7, 11) is 0. The molecule has 0 aromatic carbocycles. The second kappa shape index (κ2) is 5.82. The summed E-state index contributed by atoms with van der Waals surface area (Å²) in [5.41, 5.74) is 0.600. The van der Waals surface area contributed by atoms with Crippen LogP contribution in [0.2, 0.25) is 0 Å². The number of aliphatic hydroxyl groups excluding tert-OH is 1. The van der Waals surface area contributed by atoms with E-state index in [1.807, 2.05) is 0 Å². The van der Waals surface area contributed by atoms with Crippen LogP contribution in [-0.2, 0) is 9.53 Å². The molecule has 0 aromatic rings. The van der Waals surface area contributed by atoms with Crippen LogP contribution in [-0.4, -0.2) is 34.5 Å². The lowest BCUT2D eigenvalue weighted by atomic mass is 9.43. The molecule has 2 N–H and O–H groups in total. The molecule has 1 aliphatic heterocycles. The number of hydrogen-bond acceptors (Lipinski definition) is 4. The first-order valence-electron chi connectivity index (χ1n) is 11.1. The summed E-state index contributed by atoms with van der Waals surface area (Å²) in [6.07, 6.45) is 10.8. The van der Waals surface area contributed by atoms with Crippen molar-refractivity contribution in [3.05, 3.63) is 11.6 Å². The molecule has 0 spiro atoms. The Bertz CT molecular complexity index is 686. The highest BCUT2D eigenvalue weighted by Gasteiger charge is 2.67. The largest absolute Gasteiger partial charge is 0.458 e. The third-order valence-electron chi connectivity index (χ3n) is 9.96. The van der Waals surface area contributed by atoms with Crippen LogP contribution in [0.1, 0.15) is 71.6 Å². The van der Waals surface area contributed by atoms with Gasteiger partial charge in [0, 0.05) is 11.5 Å². The molecule has 5 aliphatic rings. The summed E-state index contributed by atoms with van der Waals surface area (Å²) in [6.45, 7) is 5.15. The number of carbonyl (C=O) groups is 1. The molecule has 0 saturated heterocycles. The number of rotatable bonds is 1. The molecule has 4 heteroatoms. The topological polar surface area (TPSA) is 66.8 Å². The Kier molecular flexibility index (Phi) is 3.92. The maximum atomic E-state index is 12.1. The van der Waals surface area contributed by atoms with E-state index >= 15 is 0 Å². The van der Waals surface area contributed by atoms with Gasteiger partial charge in [0.25, 0.3) is 0 Å². The van der Waals surface area contributed by atoms with Crippen molar-refractivity contribution in [2.75, 3.05) is 6.61 Å². The van der Waals surface area contributed by atoms with Gasteiger partial charge < -0.3 is 14.9 Å². The van der Waals surface area contributed by atoms with E-state index in [1.54, 1.807) is 6.08 Å². The SMILES string of the molecule is C[C@]12CC[C@H](O)C[C@@H]1CC[C@@H]1[C@@H]2CC[C@]2(C)[C@@H](C3=CC(=O)OC3)CCC12O. The van der Waals surface area contributed by atoms with Crippen LogP contribution in [0.25, 0.3) is 0 Å². The molecule has 150 valence electrons. The van der Waals surface area contributed by atoms with Crippen LogP contribution >= 0.6 is 0 Å². The molecule has 1 unspecified atom stereocenters. The molecule has 27 heavy (non-hydrogen) atoms. The zero-order chi connectivity index (χ0) is 19.0. The maximum absolute atomic E-state index is 12.1. The highest BCUT2D eigenvalue weighted by Crippen LogP contribution is 2.69. The highest BCUT2D eigenvalue weighted by molar-refractivity contribution is 5.85. The normalized spacial score (nSPS) is 54.6. The van der Waals surface area contributed by atoms with Crippen LogP contribution in [0, 0.1) is 34.5 Å². The molecular formula is C23H34O4. The lowest BCUT2D eigenvalue weighted by molar-refractivity contribution is -0.208. The zero-order valence-electron chi connectivity index (χ0n) is 16.7. The quantitative estimate of drug-likeness (QED) is 0.688. The third kappa shape index (κ3) is 2.32. The molecule has 0 radical (unpaired) electrons. The van der Waals surface area contributed by atoms with Crippen LogP contribution in [0.4, 0.5) is 0 Å². The Hall–Kier alpha value is -0.870. The predicted octanol–water partition coefficient (Wildman–Crippen LogP) is 3.60. The summed E-state index contributed by atoms with van der Waals surface area (Å²) >= 11 is 0. The molecule has 8 atom stereocenters. The van der Waals surface area contributed by atoms with Gasteiger partial charge in [-0.05, 0) is 92.4 Å². The molecule has 5 rings (SSSR count). The molecule has 4 saturated carbocycles. The van der Waals surface area contributed by atoms with Crippen molar-refractivity contribution in [3.63, 3.8) is 0 Å². The van der Waals surface area contributed by atoms with E-state index < -0.39 is 5.60 Å². The number of esters is 1. The Labute approximate surface area is 162 Å². The molecule has 0 bridgehead atoms. The van der Waals surface area contributed by atoms with Crippen LogP contribution in [0.5, 0.6) is 0 Å². The van der Waals surface area contributed by atoms with Crippen LogP contribution in [0.15, 0.2) is 11.6 Å². The van der Waals surface area contributed by atoms with Gasteiger partial charge in [-0.1, -0.05) is 13.8 Å². The Morgan fingerprint density at radius 1 is 1.04 bits per heavy atom. The van der Waals surface area contributed by atoms with Gasteiger partial charge >= 0.3 is 5.97 Å². The molecule has 0 amide bonds. The summed E-state index contributed by atoms with van der Waals surface area (Å²) < 4.78 is 5.20. The Morgan fingerprint density at radius 3 is 2.59 bits per heavy atom. The lowest BCUT2D eigenvalue weighted by Crippen LogP contribution is -2.62. The molecule has 4 aliphatic carbocycles. The number of hydrogen-bond donors (Lipinski definition) is 2. The number of carbonyl (C=O) groups excluding carboxylic acids is 1. The minimum absolute atomic E-state index is 0.126. The maximum Gasteiger partial charge on any atom is 0.331 e. The van der Waals surface area contributed by atoms with E-state index in [2.05, 4.69) is 13.8 Å². The van der Waals surface area contributed by atoms with Gasteiger partial charge in [-0.25, -0.2) is 4.79 Å². The summed E-state index contributed by atoms with van der Waals surface area (Å²) in [4.78, 5) is 11.6. The second-order valence-electron chi connectivity index (χ2n) is 10.7. The fourth-order valence-electron chi connectivity index (χ4n) is 8.39. The Morgan fingerprint density at radius 2 is 1.85 bits per heavy atom. The molecule has 1 heterocycles. The first-order chi connectivity index (χ1) is 12.8. The average Bonchev–Trinajstić information content (AvgIpc) is 3.16. The van der Waals surface area contributed by atoms with Gasteiger partial charge in [-0.3, -0.25) is 0 Å². The minimum Gasteiger partial charge on any atom is -0.458 e. The van der Waals surface area contributed by atoms with Crippen molar-refractivity contribution in [1.29, 1.82) is 0 Å². The standard InChI is InChI=1S/C23H34O4/c1-21-8-5-16(24)12-15(21)3-4-19-18(21)6-9-22(2)17(7-10-23(19,22)26)14-11-20(25)27-13-14/h11,15-19,24,26H,3-10,12-13H2,1-2H3/t15-,16-,17+,18-,19+,21-,22+,23?/m0/s1. The van der Waals surface area contributed by atoms with E-state index in [9.17, 15) is 15.0 Å². The summed E-state index contributed by atoms with van der Waals surface area (Å²) in [5.74, 6) is 1.59. The predicted molar refractivity (Wildman–Crippen MR) is 102 cm³/mol. The van der Waals surface area contributed by atoms with Gasteiger partial charge in [-0.15, -0.1) is 0 Å². The minimum atomic E-state index is -0.628. The zero-order valence-corrected chi connectivity index (χ0v) is 16.7.